The van der Waals surface area contributed by atoms with E-state index in [9.17, 15) is 15.0 Å². The molecule has 0 aliphatic rings. The van der Waals surface area contributed by atoms with E-state index in [4.69, 9.17) is 0 Å². The molecule has 252 valence electrons. The highest BCUT2D eigenvalue weighted by atomic mass is 16.3. The van der Waals surface area contributed by atoms with Crippen molar-refractivity contribution >= 4 is 5.91 Å². The van der Waals surface area contributed by atoms with Crippen LogP contribution in [-0.4, -0.2) is 34.9 Å². The molecule has 42 heavy (non-hydrogen) atoms. The Morgan fingerprint density at radius 1 is 0.476 bits per heavy atom. The van der Waals surface area contributed by atoms with Crippen molar-refractivity contribution in [3.05, 3.63) is 0 Å². The van der Waals surface area contributed by atoms with Crippen molar-refractivity contribution in [1.82, 2.24) is 5.32 Å². The lowest BCUT2D eigenvalue weighted by molar-refractivity contribution is -0.123. The number of hydrogen-bond acceptors (Lipinski definition) is 3. The summed E-state index contributed by atoms with van der Waals surface area (Å²) in [6, 6.07) is -0.525. The first-order chi connectivity index (χ1) is 20.7. The van der Waals surface area contributed by atoms with Gasteiger partial charge in [0.15, 0.2) is 0 Å². The number of carbonyl (C=O) groups excluding carboxylic acids is 1. The zero-order valence-corrected chi connectivity index (χ0v) is 28.8. The minimum atomic E-state index is -0.648. The molecule has 0 aromatic carbocycles. The quantitative estimate of drug-likeness (QED) is 0.0638. The Hall–Kier alpha value is -0.610. The van der Waals surface area contributed by atoms with Gasteiger partial charge in [-0.15, -0.1) is 0 Å². The topological polar surface area (TPSA) is 69.6 Å². The number of amides is 1. The summed E-state index contributed by atoms with van der Waals surface area (Å²) in [7, 11) is 0. The molecule has 2 unspecified atom stereocenters. The Bertz CT molecular complexity index is 526. The summed E-state index contributed by atoms with van der Waals surface area (Å²) in [6.07, 6.45) is 41.7. The van der Waals surface area contributed by atoms with E-state index < -0.39 is 12.1 Å². The van der Waals surface area contributed by atoms with Gasteiger partial charge in [-0.1, -0.05) is 200 Å². The van der Waals surface area contributed by atoms with Gasteiger partial charge in [0.2, 0.25) is 5.91 Å². The number of hydrogen-bond donors (Lipinski definition) is 3. The molecule has 4 nitrogen and oxygen atoms in total. The van der Waals surface area contributed by atoms with Crippen molar-refractivity contribution in [2.75, 3.05) is 6.61 Å². The third-order valence-corrected chi connectivity index (χ3v) is 9.09. The minimum absolute atomic E-state index is 0.0822. The average Bonchev–Trinajstić information content (AvgIpc) is 2.99. The van der Waals surface area contributed by atoms with Crippen LogP contribution in [0.15, 0.2) is 0 Å². The average molecular weight is 596 g/mol. The molecule has 4 heteroatoms. The predicted molar refractivity (Wildman–Crippen MR) is 184 cm³/mol. The molecule has 2 atom stereocenters. The van der Waals surface area contributed by atoms with E-state index in [0.29, 0.717) is 12.8 Å². The summed E-state index contributed by atoms with van der Waals surface area (Å²) in [5.41, 5.74) is 0. The summed E-state index contributed by atoms with van der Waals surface area (Å²) in [6.45, 7) is 4.05. The molecule has 0 heterocycles. The second-order valence-electron chi connectivity index (χ2n) is 13.4. The van der Waals surface area contributed by atoms with E-state index in [0.717, 1.165) is 19.3 Å². The second kappa shape index (κ2) is 34.9. The van der Waals surface area contributed by atoms with Crippen LogP contribution < -0.4 is 5.32 Å². The first kappa shape index (κ1) is 41.4. The largest absolute Gasteiger partial charge is 0.394 e. The SMILES string of the molecule is CCCCCCCCCCCCCCCCCCCCCCCCCCCCCCCC(O)C(CO)NC(=O)CCC. The van der Waals surface area contributed by atoms with Crippen molar-refractivity contribution in [2.45, 2.75) is 231 Å². The fourth-order valence-electron chi connectivity index (χ4n) is 6.17. The number of aliphatic hydroxyl groups is 2. The van der Waals surface area contributed by atoms with Gasteiger partial charge in [-0.05, 0) is 12.8 Å². The van der Waals surface area contributed by atoms with Crippen LogP contribution in [0.1, 0.15) is 219 Å². The summed E-state index contributed by atoms with van der Waals surface area (Å²) in [4.78, 5) is 11.7. The fourth-order valence-corrected chi connectivity index (χ4v) is 6.17. The highest BCUT2D eigenvalue weighted by Gasteiger charge is 2.19. The molecule has 0 saturated carbocycles. The monoisotopic (exact) mass is 596 g/mol. The molecule has 0 aromatic rings. The van der Waals surface area contributed by atoms with Gasteiger partial charge in [-0.2, -0.15) is 0 Å². The summed E-state index contributed by atoms with van der Waals surface area (Å²) >= 11 is 0. The van der Waals surface area contributed by atoms with Crippen molar-refractivity contribution in [1.29, 1.82) is 0 Å². The molecule has 3 N–H and O–H groups in total. The molecule has 0 aromatic heterocycles. The number of nitrogens with one attached hydrogen (secondary N) is 1. The number of aliphatic hydroxyl groups excluding tert-OH is 2. The number of unbranched alkanes of at least 4 members (excludes halogenated alkanes) is 28. The van der Waals surface area contributed by atoms with E-state index in [1.165, 1.54) is 173 Å². The molecule has 0 bridgehead atoms. The maximum atomic E-state index is 11.7. The molecule has 0 spiro atoms. The molecule has 0 aliphatic heterocycles. The predicted octanol–water partition coefficient (Wildman–Crippen LogP) is 11.3. The Kier molecular flexibility index (Phi) is 34.4. The zero-order valence-electron chi connectivity index (χ0n) is 28.8. The van der Waals surface area contributed by atoms with Gasteiger partial charge >= 0.3 is 0 Å². The van der Waals surface area contributed by atoms with Gasteiger partial charge in [0, 0.05) is 6.42 Å². The van der Waals surface area contributed by atoms with Crippen LogP contribution >= 0.6 is 0 Å². The third kappa shape index (κ3) is 30.8. The van der Waals surface area contributed by atoms with Crippen LogP contribution in [0.25, 0.3) is 0 Å². The van der Waals surface area contributed by atoms with E-state index in [2.05, 4.69) is 12.2 Å². The number of rotatable bonds is 35. The second-order valence-corrected chi connectivity index (χ2v) is 13.4. The normalized spacial score (nSPS) is 13.0. The fraction of sp³-hybridized carbons (Fsp3) is 0.974. The molecule has 1 amide bonds. The first-order valence-corrected chi connectivity index (χ1v) is 19.2. The van der Waals surface area contributed by atoms with Crippen molar-refractivity contribution in [3.63, 3.8) is 0 Å². The lowest BCUT2D eigenvalue weighted by Crippen LogP contribution is -2.45. The third-order valence-electron chi connectivity index (χ3n) is 9.09. The molecule has 0 saturated heterocycles. The molecular weight excluding hydrogens is 518 g/mol. The van der Waals surface area contributed by atoms with Gasteiger partial charge in [0.05, 0.1) is 18.8 Å². The Labute approximate surface area is 264 Å². The molecule has 0 rings (SSSR count). The standard InChI is InChI=1S/C38H77NO3/c1-3-5-6-7-8-9-10-11-12-13-14-15-16-17-18-19-20-21-22-23-24-25-26-27-28-29-30-31-32-34-37(41)36(35-40)39-38(42)33-4-2/h36-37,40-41H,3-35H2,1-2H3,(H,39,42). The first-order valence-electron chi connectivity index (χ1n) is 19.2. The zero-order chi connectivity index (χ0) is 30.8. The van der Waals surface area contributed by atoms with Gasteiger partial charge in [-0.3, -0.25) is 4.79 Å². The maximum absolute atomic E-state index is 11.7. The summed E-state index contributed by atoms with van der Waals surface area (Å²) < 4.78 is 0. The lowest BCUT2D eigenvalue weighted by atomic mass is 10.0. The highest BCUT2D eigenvalue weighted by molar-refractivity contribution is 5.76. The van der Waals surface area contributed by atoms with Crippen LogP contribution in [0, 0.1) is 0 Å². The molecule has 0 fully saturated rings. The maximum Gasteiger partial charge on any atom is 0.220 e. The van der Waals surface area contributed by atoms with Gasteiger partial charge in [-0.25, -0.2) is 0 Å². The van der Waals surface area contributed by atoms with E-state index in [1.807, 2.05) is 6.92 Å². The summed E-state index contributed by atoms with van der Waals surface area (Å²) in [5, 5.41) is 22.5. The van der Waals surface area contributed by atoms with Gasteiger partial charge in [0.1, 0.15) is 0 Å². The van der Waals surface area contributed by atoms with Crippen molar-refractivity contribution in [2.24, 2.45) is 0 Å². The molecular formula is C38H77NO3. The Morgan fingerprint density at radius 3 is 1.02 bits per heavy atom. The van der Waals surface area contributed by atoms with Crippen molar-refractivity contribution < 1.29 is 15.0 Å². The Balaban J connectivity index is 3.22. The van der Waals surface area contributed by atoms with Crippen molar-refractivity contribution in [3.8, 4) is 0 Å². The molecule has 0 radical (unpaired) electrons. The van der Waals surface area contributed by atoms with E-state index >= 15 is 0 Å². The van der Waals surface area contributed by atoms with Crippen LogP contribution in [0.4, 0.5) is 0 Å². The number of carbonyl (C=O) groups is 1. The lowest BCUT2D eigenvalue weighted by Gasteiger charge is -2.22. The van der Waals surface area contributed by atoms with Crippen LogP contribution in [0.2, 0.25) is 0 Å². The van der Waals surface area contributed by atoms with Crippen LogP contribution in [0.3, 0.4) is 0 Å². The van der Waals surface area contributed by atoms with Crippen LogP contribution in [0.5, 0.6) is 0 Å². The smallest absolute Gasteiger partial charge is 0.220 e. The van der Waals surface area contributed by atoms with Crippen LogP contribution in [-0.2, 0) is 4.79 Å². The minimum Gasteiger partial charge on any atom is -0.394 e. The van der Waals surface area contributed by atoms with E-state index in [-0.39, 0.29) is 12.5 Å². The van der Waals surface area contributed by atoms with Gasteiger partial charge in [0.25, 0.3) is 0 Å². The van der Waals surface area contributed by atoms with E-state index in [1.54, 1.807) is 0 Å². The van der Waals surface area contributed by atoms with Gasteiger partial charge < -0.3 is 15.5 Å². The Morgan fingerprint density at radius 2 is 0.762 bits per heavy atom. The summed E-state index contributed by atoms with van der Waals surface area (Å²) in [5.74, 6) is -0.0822. The molecule has 0 aliphatic carbocycles. The highest BCUT2D eigenvalue weighted by Crippen LogP contribution is 2.17.